The van der Waals surface area contributed by atoms with Gasteiger partial charge in [-0.25, -0.2) is 17.6 Å². The lowest BCUT2D eigenvalue weighted by molar-refractivity contribution is 0.513. The first-order chi connectivity index (χ1) is 9.90. The molecular formula is C13H5BrF4N2S. The maximum Gasteiger partial charge on any atom is 0.184 e. The highest BCUT2D eigenvalue weighted by molar-refractivity contribution is 9.10. The molecule has 0 unspecified atom stereocenters. The van der Waals surface area contributed by atoms with Crippen LogP contribution in [0.3, 0.4) is 0 Å². The Kier molecular flexibility index (Phi) is 3.37. The second-order valence-corrected chi connectivity index (χ2v) is 5.48. The molecule has 1 N–H and O–H groups in total. The second-order valence-electron chi connectivity index (χ2n) is 4.24. The average molecular weight is 377 g/mol. The molecule has 1 aromatic heterocycles. The molecule has 0 saturated heterocycles. The molecule has 1 heterocycles. The summed E-state index contributed by atoms with van der Waals surface area (Å²) in [5, 5.41) is 0. The number of benzene rings is 2. The van der Waals surface area contributed by atoms with Crippen LogP contribution in [0.1, 0.15) is 0 Å². The van der Waals surface area contributed by atoms with Crippen LogP contribution >= 0.6 is 28.1 Å². The predicted molar refractivity (Wildman–Crippen MR) is 76.0 cm³/mol. The van der Waals surface area contributed by atoms with Gasteiger partial charge in [-0.3, -0.25) is 4.57 Å². The van der Waals surface area contributed by atoms with Gasteiger partial charge < -0.3 is 4.98 Å². The molecule has 2 nitrogen and oxygen atoms in total. The van der Waals surface area contributed by atoms with Gasteiger partial charge in [0.25, 0.3) is 0 Å². The van der Waals surface area contributed by atoms with Crippen molar-refractivity contribution in [1.29, 1.82) is 0 Å². The minimum Gasteiger partial charge on any atom is -0.330 e. The zero-order valence-electron chi connectivity index (χ0n) is 10.1. The van der Waals surface area contributed by atoms with E-state index in [1.54, 1.807) is 0 Å². The van der Waals surface area contributed by atoms with Gasteiger partial charge in [-0.15, -0.1) is 0 Å². The summed E-state index contributed by atoms with van der Waals surface area (Å²) < 4.78 is 55.6. The Morgan fingerprint density at radius 3 is 2.43 bits per heavy atom. The highest BCUT2D eigenvalue weighted by Crippen LogP contribution is 2.28. The van der Waals surface area contributed by atoms with Crippen molar-refractivity contribution >= 4 is 39.2 Å². The third-order valence-electron chi connectivity index (χ3n) is 2.97. The average Bonchev–Trinajstić information content (AvgIpc) is 2.75. The molecule has 0 bridgehead atoms. The van der Waals surface area contributed by atoms with E-state index in [0.29, 0.717) is 6.07 Å². The molecule has 2 aromatic carbocycles. The molecule has 0 fully saturated rings. The van der Waals surface area contributed by atoms with Crippen molar-refractivity contribution in [2.45, 2.75) is 0 Å². The molecule has 0 atom stereocenters. The minimum absolute atomic E-state index is 0.0213. The summed E-state index contributed by atoms with van der Waals surface area (Å²) in [5.41, 5.74) is -0.222. The van der Waals surface area contributed by atoms with E-state index >= 15 is 0 Å². The third kappa shape index (κ3) is 2.18. The molecule has 0 aliphatic carbocycles. The van der Waals surface area contributed by atoms with Gasteiger partial charge in [-0.05, 0) is 46.3 Å². The van der Waals surface area contributed by atoms with Crippen LogP contribution in [-0.2, 0) is 0 Å². The maximum absolute atomic E-state index is 14.0. The number of fused-ring (bicyclic) bond motifs is 1. The fourth-order valence-corrected chi connectivity index (χ4v) is 2.68. The van der Waals surface area contributed by atoms with Crippen LogP contribution in [0, 0.1) is 28.0 Å². The van der Waals surface area contributed by atoms with E-state index < -0.39 is 23.3 Å². The van der Waals surface area contributed by atoms with Gasteiger partial charge in [-0.1, -0.05) is 0 Å². The summed E-state index contributed by atoms with van der Waals surface area (Å²) in [6, 6.07) is 3.97. The van der Waals surface area contributed by atoms with Crippen LogP contribution < -0.4 is 0 Å². The second kappa shape index (κ2) is 4.96. The van der Waals surface area contributed by atoms with E-state index in [-0.39, 0.29) is 26.0 Å². The van der Waals surface area contributed by atoms with Crippen LogP contribution in [0.2, 0.25) is 0 Å². The Labute approximate surface area is 129 Å². The summed E-state index contributed by atoms with van der Waals surface area (Å²) in [6.45, 7) is 0. The van der Waals surface area contributed by atoms with Crippen LogP contribution in [0.25, 0.3) is 16.7 Å². The molecule has 8 heteroatoms. The molecule has 0 aliphatic heterocycles. The van der Waals surface area contributed by atoms with Crippen molar-refractivity contribution in [2.24, 2.45) is 0 Å². The first-order valence-electron chi connectivity index (χ1n) is 5.64. The van der Waals surface area contributed by atoms with Crippen LogP contribution in [0.5, 0.6) is 0 Å². The lowest BCUT2D eigenvalue weighted by Crippen LogP contribution is -2.01. The van der Waals surface area contributed by atoms with E-state index in [1.165, 1.54) is 6.07 Å². The number of aromatic nitrogens is 2. The zero-order chi connectivity index (χ0) is 15.3. The molecule has 21 heavy (non-hydrogen) atoms. The molecule has 0 radical (unpaired) electrons. The summed E-state index contributed by atoms with van der Waals surface area (Å²) in [7, 11) is 0. The normalized spacial score (nSPS) is 11.3. The van der Waals surface area contributed by atoms with Gasteiger partial charge in [0.2, 0.25) is 0 Å². The number of imidazole rings is 1. The van der Waals surface area contributed by atoms with Gasteiger partial charge in [0.15, 0.2) is 16.4 Å². The Balaban J connectivity index is 2.46. The van der Waals surface area contributed by atoms with Gasteiger partial charge in [0, 0.05) is 6.07 Å². The molecule has 0 aliphatic rings. The fourth-order valence-electron chi connectivity index (χ4n) is 2.05. The molecular weight excluding hydrogens is 372 g/mol. The number of halogens is 5. The highest BCUT2D eigenvalue weighted by atomic mass is 79.9. The topological polar surface area (TPSA) is 20.7 Å². The summed E-state index contributed by atoms with van der Waals surface area (Å²) >= 11 is 7.94. The van der Waals surface area contributed by atoms with Crippen molar-refractivity contribution in [3.8, 4) is 5.69 Å². The molecule has 108 valence electrons. The SMILES string of the molecule is Fc1cc(F)c(-n2c(=S)[nH]c3ccc(F)c(F)c32)cc1Br. The highest BCUT2D eigenvalue weighted by Gasteiger charge is 2.18. The number of aromatic amines is 1. The summed E-state index contributed by atoms with van der Waals surface area (Å²) in [6.07, 6.45) is 0. The van der Waals surface area contributed by atoms with E-state index in [4.69, 9.17) is 12.2 Å². The largest absolute Gasteiger partial charge is 0.330 e. The summed E-state index contributed by atoms with van der Waals surface area (Å²) in [4.78, 5) is 2.65. The van der Waals surface area contributed by atoms with Crippen molar-refractivity contribution in [3.05, 3.63) is 56.8 Å². The maximum atomic E-state index is 14.0. The molecule has 0 spiro atoms. The quantitative estimate of drug-likeness (QED) is 0.359. The van der Waals surface area contributed by atoms with Crippen LogP contribution in [0.15, 0.2) is 28.7 Å². The predicted octanol–water partition coefficient (Wildman–Crippen LogP) is 5.01. The number of nitrogens with one attached hydrogen (secondary N) is 1. The van der Waals surface area contributed by atoms with E-state index in [9.17, 15) is 17.6 Å². The molecule has 0 amide bonds. The number of rotatable bonds is 1. The van der Waals surface area contributed by atoms with Gasteiger partial charge in [-0.2, -0.15) is 0 Å². The zero-order valence-corrected chi connectivity index (χ0v) is 12.5. The smallest absolute Gasteiger partial charge is 0.184 e. The van der Waals surface area contributed by atoms with E-state index in [0.717, 1.165) is 16.7 Å². The van der Waals surface area contributed by atoms with Crippen molar-refractivity contribution in [1.82, 2.24) is 9.55 Å². The van der Waals surface area contributed by atoms with Crippen LogP contribution in [-0.4, -0.2) is 9.55 Å². The molecule has 3 rings (SSSR count). The standard InChI is InChI=1S/C13H5BrF4N2S/c14-5-3-10(8(17)4-7(5)16)20-12-9(19-13(20)21)2-1-6(15)11(12)18/h1-4H,(H,19,21). The number of H-pyrrole nitrogens is 1. The van der Waals surface area contributed by atoms with Gasteiger partial charge in [0.1, 0.15) is 17.2 Å². The first-order valence-corrected chi connectivity index (χ1v) is 6.84. The van der Waals surface area contributed by atoms with Crippen molar-refractivity contribution in [2.75, 3.05) is 0 Å². The Bertz CT molecular complexity index is 932. The van der Waals surface area contributed by atoms with Gasteiger partial charge in [0.05, 0.1) is 15.7 Å². The van der Waals surface area contributed by atoms with Gasteiger partial charge >= 0.3 is 0 Å². The van der Waals surface area contributed by atoms with Crippen LogP contribution in [0.4, 0.5) is 17.6 Å². The van der Waals surface area contributed by atoms with Crippen molar-refractivity contribution in [3.63, 3.8) is 0 Å². The molecule has 3 aromatic rings. The fraction of sp³-hybridized carbons (Fsp3) is 0. The Morgan fingerprint density at radius 1 is 1.00 bits per heavy atom. The Morgan fingerprint density at radius 2 is 1.71 bits per heavy atom. The first kappa shape index (κ1) is 14.3. The number of hydrogen-bond donors (Lipinski definition) is 1. The third-order valence-corrected chi connectivity index (χ3v) is 3.86. The monoisotopic (exact) mass is 376 g/mol. The summed E-state index contributed by atoms with van der Waals surface area (Å²) in [5.74, 6) is -4.02. The van der Waals surface area contributed by atoms with E-state index in [2.05, 4.69) is 20.9 Å². The number of nitrogens with zero attached hydrogens (tertiary/aromatic N) is 1. The van der Waals surface area contributed by atoms with Crippen molar-refractivity contribution < 1.29 is 17.6 Å². The van der Waals surface area contributed by atoms with E-state index in [1.807, 2.05) is 0 Å². The lowest BCUT2D eigenvalue weighted by atomic mass is 10.2. The number of hydrogen-bond acceptors (Lipinski definition) is 1. The molecule has 0 saturated carbocycles. The lowest BCUT2D eigenvalue weighted by Gasteiger charge is -2.08. The Hall–Kier alpha value is -1.67. The minimum atomic E-state index is -1.17.